The number of hydrogen-bond donors (Lipinski definition) is 1. The minimum absolute atomic E-state index is 0.117. The van der Waals surface area contributed by atoms with E-state index in [9.17, 15) is 9.50 Å². The lowest BCUT2D eigenvalue weighted by Crippen LogP contribution is -2.09. The molecule has 3 atom stereocenters. The van der Waals surface area contributed by atoms with Crippen LogP contribution in [-0.2, 0) is 0 Å². The summed E-state index contributed by atoms with van der Waals surface area (Å²) in [5, 5.41) is 14.5. The molecule has 1 fully saturated rings. The molecule has 1 aromatic carbocycles. The highest BCUT2D eigenvalue weighted by Crippen LogP contribution is 2.43. The molecule has 4 rings (SSSR count). The Balaban J connectivity index is 1.71. The third-order valence-electron chi connectivity index (χ3n) is 4.20. The minimum Gasteiger partial charge on any atom is -0.385 e. The lowest BCUT2D eigenvalue weighted by atomic mass is 10.0. The molecule has 104 valence electrons. The summed E-state index contributed by atoms with van der Waals surface area (Å²) in [5.74, 6) is 0.991. The van der Waals surface area contributed by atoms with E-state index in [4.69, 9.17) is 0 Å². The summed E-state index contributed by atoms with van der Waals surface area (Å²) in [7, 11) is 0. The molecule has 2 aliphatic rings. The predicted molar refractivity (Wildman–Crippen MR) is 70.8 cm³/mol. The fourth-order valence-electron chi connectivity index (χ4n) is 2.90. The maximum atomic E-state index is 14.1. The second kappa shape index (κ2) is 4.38. The third-order valence-corrected chi connectivity index (χ3v) is 4.20. The first-order valence-electron chi connectivity index (χ1n) is 7.07. The molecule has 1 aliphatic heterocycles. The Morgan fingerprint density at radius 3 is 2.70 bits per heavy atom. The first-order valence-corrected chi connectivity index (χ1v) is 7.07. The fraction of sp³-hybridized carbons (Fsp3) is 0.467. The molecular formula is C15H16FN3O. The predicted octanol–water partition coefficient (Wildman–Crippen LogP) is 2.73. The van der Waals surface area contributed by atoms with Crippen LogP contribution in [0.25, 0.3) is 0 Å². The number of fused-ring (bicyclic) bond motifs is 1. The average Bonchev–Trinajstić information content (AvgIpc) is 3.15. The van der Waals surface area contributed by atoms with E-state index < -0.39 is 12.3 Å². The van der Waals surface area contributed by atoms with E-state index in [1.54, 1.807) is 4.68 Å². The maximum absolute atomic E-state index is 14.1. The number of halogens is 1. The van der Waals surface area contributed by atoms with Gasteiger partial charge in [0.15, 0.2) is 17.8 Å². The molecule has 0 bridgehead atoms. The van der Waals surface area contributed by atoms with Crippen molar-refractivity contribution in [3.05, 3.63) is 47.5 Å². The molecule has 2 heterocycles. The van der Waals surface area contributed by atoms with Crippen LogP contribution in [0.5, 0.6) is 0 Å². The van der Waals surface area contributed by atoms with E-state index in [2.05, 4.69) is 10.1 Å². The Morgan fingerprint density at radius 2 is 2.00 bits per heavy atom. The van der Waals surface area contributed by atoms with Gasteiger partial charge in [-0.1, -0.05) is 30.3 Å². The van der Waals surface area contributed by atoms with E-state index in [1.165, 1.54) is 0 Å². The van der Waals surface area contributed by atoms with E-state index >= 15 is 0 Å². The zero-order chi connectivity index (χ0) is 13.7. The molecule has 0 radical (unpaired) electrons. The first-order chi connectivity index (χ1) is 9.74. The van der Waals surface area contributed by atoms with Crippen molar-refractivity contribution >= 4 is 0 Å². The molecular weight excluding hydrogens is 257 g/mol. The van der Waals surface area contributed by atoms with Crippen LogP contribution in [0.2, 0.25) is 0 Å². The smallest absolute Gasteiger partial charge is 0.179 e. The normalized spacial score (nSPS) is 26.5. The summed E-state index contributed by atoms with van der Waals surface area (Å²) in [4.78, 5) is 4.24. The summed E-state index contributed by atoms with van der Waals surface area (Å²) >= 11 is 0. The van der Waals surface area contributed by atoms with Crippen LogP contribution in [0, 0.1) is 5.92 Å². The van der Waals surface area contributed by atoms with E-state index in [0.29, 0.717) is 18.1 Å². The topological polar surface area (TPSA) is 50.9 Å². The van der Waals surface area contributed by atoms with Crippen LogP contribution >= 0.6 is 0 Å². The summed E-state index contributed by atoms with van der Waals surface area (Å²) < 4.78 is 15.8. The highest BCUT2D eigenvalue weighted by molar-refractivity contribution is 5.23. The largest absolute Gasteiger partial charge is 0.385 e. The number of hydrogen-bond acceptors (Lipinski definition) is 3. The Morgan fingerprint density at radius 1 is 1.25 bits per heavy atom. The number of aliphatic hydroxyl groups excluding tert-OH is 1. The van der Waals surface area contributed by atoms with E-state index in [0.717, 1.165) is 18.4 Å². The van der Waals surface area contributed by atoms with Crippen molar-refractivity contribution in [2.75, 3.05) is 0 Å². The van der Waals surface area contributed by atoms with Gasteiger partial charge in [-0.2, -0.15) is 5.10 Å². The zero-order valence-corrected chi connectivity index (χ0v) is 11.0. The van der Waals surface area contributed by atoms with Gasteiger partial charge in [0.25, 0.3) is 0 Å². The number of aliphatic hydroxyl groups is 1. The average molecular weight is 273 g/mol. The van der Waals surface area contributed by atoms with Crippen LogP contribution in [0.15, 0.2) is 30.3 Å². The monoisotopic (exact) mass is 273 g/mol. The summed E-state index contributed by atoms with van der Waals surface area (Å²) in [5.41, 5.74) is 1.03. The van der Waals surface area contributed by atoms with Gasteiger partial charge in [0, 0.05) is 6.42 Å². The molecule has 1 aliphatic carbocycles. The molecule has 2 aromatic rings. The van der Waals surface area contributed by atoms with Gasteiger partial charge in [-0.3, -0.25) is 0 Å². The van der Waals surface area contributed by atoms with Gasteiger partial charge in [0.05, 0.1) is 6.04 Å². The highest BCUT2D eigenvalue weighted by Gasteiger charge is 2.39. The SMILES string of the molecule is O[C@@H](c1nc2n(n1)C(c1ccccc1)CC2F)C1CC1. The van der Waals surface area contributed by atoms with E-state index in [1.807, 2.05) is 30.3 Å². The number of benzene rings is 1. The molecule has 2 unspecified atom stereocenters. The molecule has 0 amide bonds. The molecule has 1 N–H and O–H groups in total. The Hall–Kier alpha value is -1.75. The van der Waals surface area contributed by atoms with Gasteiger partial charge >= 0.3 is 0 Å². The van der Waals surface area contributed by atoms with Crippen molar-refractivity contribution in [2.45, 2.75) is 37.6 Å². The third kappa shape index (κ3) is 1.85. The maximum Gasteiger partial charge on any atom is 0.179 e. The zero-order valence-electron chi connectivity index (χ0n) is 11.0. The van der Waals surface area contributed by atoms with Crippen molar-refractivity contribution in [1.82, 2.24) is 14.8 Å². The van der Waals surface area contributed by atoms with Crippen LogP contribution in [0.4, 0.5) is 4.39 Å². The molecule has 20 heavy (non-hydrogen) atoms. The lowest BCUT2D eigenvalue weighted by molar-refractivity contribution is 0.143. The van der Waals surface area contributed by atoms with Gasteiger partial charge in [-0.05, 0) is 24.3 Å². The van der Waals surface area contributed by atoms with Gasteiger partial charge in [0.2, 0.25) is 0 Å². The molecule has 1 saturated carbocycles. The second-order valence-corrected chi connectivity index (χ2v) is 5.68. The molecule has 0 saturated heterocycles. The molecule has 0 spiro atoms. The quantitative estimate of drug-likeness (QED) is 0.935. The first kappa shape index (κ1) is 12.0. The lowest BCUT2D eigenvalue weighted by Gasteiger charge is -2.12. The van der Waals surface area contributed by atoms with Crippen LogP contribution in [0.1, 0.15) is 54.8 Å². The molecule has 4 nitrogen and oxygen atoms in total. The fourth-order valence-corrected chi connectivity index (χ4v) is 2.90. The second-order valence-electron chi connectivity index (χ2n) is 5.68. The van der Waals surface area contributed by atoms with Crippen molar-refractivity contribution < 1.29 is 9.50 Å². The van der Waals surface area contributed by atoms with Crippen LogP contribution in [0.3, 0.4) is 0 Å². The standard InChI is InChI=1S/C15H16FN3O/c16-11-8-12(9-4-2-1-3-5-9)19-15(11)17-14(18-19)13(20)10-6-7-10/h1-5,10-13,20H,6-8H2/t11?,12?,13-/m1/s1. The summed E-state index contributed by atoms with van der Waals surface area (Å²) in [6.45, 7) is 0. The Labute approximate surface area is 116 Å². The van der Waals surface area contributed by atoms with Crippen LogP contribution in [-0.4, -0.2) is 19.9 Å². The van der Waals surface area contributed by atoms with E-state index in [-0.39, 0.29) is 12.0 Å². The van der Waals surface area contributed by atoms with Crippen molar-refractivity contribution in [3.63, 3.8) is 0 Å². The Kier molecular flexibility index (Phi) is 2.63. The van der Waals surface area contributed by atoms with Crippen molar-refractivity contribution in [2.24, 2.45) is 5.92 Å². The van der Waals surface area contributed by atoms with Gasteiger partial charge in [-0.15, -0.1) is 0 Å². The minimum atomic E-state index is -1.10. The van der Waals surface area contributed by atoms with Gasteiger partial charge in [0.1, 0.15) is 6.10 Å². The summed E-state index contributed by atoms with van der Waals surface area (Å²) in [6, 6.07) is 9.66. The van der Waals surface area contributed by atoms with Crippen molar-refractivity contribution in [1.29, 1.82) is 0 Å². The number of rotatable bonds is 3. The molecule has 5 heteroatoms. The summed E-state index contributed by atoms with van der Waals surface area (Å²) in [6.07, 6.45) is 0.641. The van der Waals surface area contributed by atoms with Crippen molar-refractivity contribution in [3.8, 4) is 0 Å². The van der Waals surface area contributed by atoms with Crippen LogP contribution < -0.4 is 0 Å². The molecule has 1 aromatic heterocycles. The number of nitrogens with zero attached hydrogens (tertiary/aromatic N) is 3. The highest BCUT2D eigenvalue weighted by atomic mass is 19.1. The van der Waals surface area contributed by atoms with Gasteiger partial charge in [-0.25, -0.2) is 14.1 Å². The van der Waals surface area contributed by atoms with Gasteiger partial charge < -0.3 is 5.11 Å². The Bertz CT molecular complexity index is 623. The number of alkyl halides is 1. The number of aromatic nitrogens is 3.